The minimum atomic E-state index is 0.964. The zero-order valence-corrected chi connectivity index (χ0v) is 11.1. The molecule has 2 nitrogen and oxygen atoms in total. The molecule has 96 valence electrons. The Labute approximate surface area is 102 Å². The van der Waals surface area contributed by atoms with E-state index in [1.54, 1.807) is 0 Å². The van der Waals surface area contributed by atoms with Crippen LogP contribution in [-0.2, 0) is 0 Å². The normalized spacial score (nSPS) is 18.6. The molecule has 0 unspecified atom stereocenters. The van der Waals surface area contributed by atoms with E-state index in [4.69, 9.17) is 0 Å². The van der Waals surface area contributed by atoms with Crippen LogP contribution in [0.3, 0.4) is 0 Å². The lowest BCUT2D eigenvalue weighted by Gasteiger charge is -2.14. The second-order valence-electron chi connectivity index (χ2n) is 5.17. The maximum atomic E-state index is 3.62. The third-order valence-electron chi connectivity index (χ3n) is 3.54. The Balaban J connectivity index is 1.86. The average molecular weight is 226 g/mol. The van der Waals surface area contributed by atoms with E-state index < -0.39 is 0 Å². The highest BCUT2D eigenvalue weighted by Crippen LogP contribution is 2.21. The number of hydrogen-bond donors (Lipinski definition) is 2. The fourth-order valence-corrected chi connectivity index (χ4v) is 2.51. The second-order valence-corrected chi connectivity index (χ2v) is 5.17. The van der Waals surface area contributed by atoms with Gasteiger partial charge in [0, 0.05) is 0 Å². The number of rotatable bonds is 8. The zero-order chi connectivity index (χ0) is 11.5. The summed E-state index contributed by atoms with van der Waals surface area (Å²) in [4.78, 5) is 0. The third kappa shape index (κ3) is 7.24. The van der Waals surface area contributed by atoms with Gasteiger partial charge in [-0.2, -0.15) is 0 Å². The summed E-state index contributed by atoms with van der Waals surface area (Å²) in [6.07, 6.45) is 11.3. The van der Waals surface area contributed by atoms with Gasteiger partial charge in [0.2, 0.25) is 0 Å². The molecular weight excluding hydrogens is 196 g/mol. The first-order valence-corrected chi connectivity index (χ1v) is 7.35. The molecule has 1 saturated carbocycles. The van der Waals surface area contributed by atoms with Gasteiger partial charge < -0.3 is 10.6 Å². The summed E-state index contributed by atoms with van der Waals surface area (Å²) in [5, 5.41) is 7.06. The molecule has 0 bridgehead atoms. The first-order chi connectivity index (χ1) is 7.93. The fourth-order valence-electron chi connectivity index (χ4n) is 2.51. The molecule has 0 aliphatic heterocycles. The Bertz CT molecular complexity index is 140. The molecule has 0 aromatic heterocycles. The Morgan fingerprint density at radius 1 is 0.875 bits per heavy atom. The van der Waals surface area contributed by atoms with Crippen LogP contribution in [0.15, 0.2) is 0 Å². The molecule has 1 fully saturated rings. The molecule has 0 aromatic carbocycles. The molecule has 2 N–H and O–H groups in total. The van der Waals surface area contributed by atoms with Gasteiger partial charge >= 0.3 is 0 Å². The molecule has 0 aromatic rings. The molecule has 0 heterocycles. The van der Waals surface area contributed by atoms with E-state index >= 15 is 0 Å². The minimum Gasteiger partial charge on any atom is -0.317 e. The first kappa shape index (κ1) is 14.0. The van der Waals surface area contributed by atoms with Crippen molar-refractivity contribution in [2.45, 2.75) is 58.3 Å². The van der Waals surface area contributed by atoms with Crippen LogP contribution in [0.5, 0.6) is 0 Å². The lowest BCUT2D eigenvalue weighted by Crippen LogP contribution is -2.26. The zero-order valence-electron chi connectivity index (χ0n) is 11.1. The average Bonchev–Trinajstić information content (AvgIpc) is 2.56. The van der Waals surface area contributed by atoms with E-state index in [2.05, 4.69) is 17.6 Å². The van der Waals surface area contributed by atoms with Gasteiger partial charge in [-0.1, -0.05) is 32.6 Å². The summed E-state index contributed by atoms with van der Waals surface area (Å²) >= 11 is 0. The van der Waals surface area contributed by atoms with Crippen molar-refractivity contribution in [1.82, 2.24) is 10.6 Å². The minimum absolute atomic E-state index is 0.964. The third-order valence-corrected chi connectivity index (χ3v) is 3.54. The van der Waals surface area contributed by atoms with Crippen LogP contribution in [0.4, 0.5) is 0 Å². The molecule has 0 spiro atoms. The summed E-state index contributed by atoms with van der Waals surface area (Å²) in [5.41, 5.74) is 0. The van der Waals surface area contributed by atoms with Crippen LogP contribution in [0.1, 0.15) is 58.3 Å². The van der Waals surface area contributed by atoms with Crippen LogP contribution >= 0.6 is 0 Å². The molecule has 1 rings (SSSR count). The molecule has 0 radical (unpaired) electrons. The molecule has 1 aliphatic rings. The van der Waals surface area contributed by atoms with Crippen LogP contribution in [-0.4, -0.2) is 26.2 Å². The van der Waals surface area contributed by atoms with Crippen LogP contribution in [0.25, 0.3) is 0 Å². The highest BCUT2D eigenvalue weighted by molar-refractivity contribution is 4.67. The predicted molar refractivity (Wildman–Crippen MR) is 71.8 cm³/mol. The summed E-state index contributed by atoms with van der Waals surface area (Å²) in [6, 6.07) is 0. The van der Waals surface area contributed by atoms with Gasteiger partial charge in [0.05, 0.1) is 0 Å². The summed E-state index contributed by atoms with van der Waals surface area (Å²) in [6.45, 7) is 7.01. The van der Waals surface area contributed by atoms with Crippen molar-refractivity contribution in [3.63, 3.8) is 0 Å². The van der Waals surface area contributed by atoms with Gasteiger partial charge in [-0.05, 0) is 57.8 Å². The predicted octanol–water partition coefficient (Wildman–Crippen LogP) is 2.94. The van der Waals surface area contributed by atoms with E-state index in [1.807, 2.05) is 0 Å². The fraction of sp³-hybridized carbons (Fsp3) is 1.00. The van der Waals surface area contributed by atoms with Gasteiger partial charge in [0.15, 0.2) is 0 Å². The van der Waals surface area contributed by atoms with Gasteiger partial charge in [0.25, 0.3) is 0 Å². The summed E-state index contributed by atoms with van der Waals surface area (Å²) in [7, 11) is 0. The molecule has 16 heavy (non-hydrogen) atoms. The van der Waals surface area contributed by atoms with Gasteiger partial charge in [-0.15, -0.1) is 0 Å². The quantitative estimate of drug-likeness (QED) is 0.491. The van der Waals surface area contributed by atoms with Gasteiger partial charge in [-0.3, -0.25) is 0 Å². The highest BCUT2D eigenvalue weighted by atomic mass is 14.9. The van der Waals surface area contributed by atoms with Gasteiger partial charge in [0.1, 0.15) is 0 Å². The second kappa shape index (κ2) is 10.1. The Morgan fingerprint density at radius 3 is 2.25 bits per heavy atom. The van der Waals surface area contributed by atoms with Crippen molar-refractivity contribution in [3.8, 4) is 0 Å². The molecular formula is C14H30N2. The van der Waals surface area contributed by atoms with Crippen molar-refractivity contribution >= 4 is 0 Å². The maximum Gasteiger partial charge on any atom is -0.00205 e. The molecule has 0 saturated heterocycles. The summed E-state index contributed by atoms with van der Waals surface area (Å²) in [5.74, 6) is 0.964. The van der Waals surface area contributed by atoms with Crippen molar-refractivity contribution in [3.05, 3.63) is 0 Å². The Kier molecular flexibility index (Phi) is 8.83. The Morgan fingerprint density at radius 2 is 1.56 bits per heavy atom. The highest BCUT2D eigenvalue weighted by Gasteiger charge is 2.10. The molecule has 0 amide bonds. The molecule has 1 aliphatic carbocycles. The van der Waals surface area contributed by atoms with Crippen molar-refractivity contribution in [2.24, 2.45) is 5.92 Å². The summed E-state index contributed by atoms with van der Waals surface area (Å²) < 4.78 is 0. The van der Waals surface area contributed by atoms with Crippen LogP contribution < -0.4 is 10.6 Å². The number of nitrogens with one attached hydrogen (secondary N) is 2. The van der Waals surface area contributed by atoms with Crippen molar-refractivity contribution < 1.29 is 0 Å². The Hall–Kier alpha value is -0.0800. The molecule has 0 atom stereocenters. The van der Waals surface area contributed by atoms with E-state index in [0.717, 1.165) is 5.92 Å². The van der Waals surface area contributed by atoms with E-state index in [9.17, 15) is 0 Å². The first-order valence-electron chi connectivity index (χ1n) is 7.35. The SMILES string of the molecule is CCCNCCCNCC1CCCCCC1. The van der Waals surface area contributed by atoms with Gasteiger partial charge in [-0.25, -0.2) is 0 Å². The van der Waals surface area contributed by atoms with E-state index in [-0.39, 0.29) is 0 Å². The topological polar surface area (TPSA) is 24.1 Å². The monoisotopic (exact) mass is 226 g/mol. The van der Waals surface area contributed by atoms with E-state index in [1.165, 1.54) is 77.5 Å². The largest absolute Gasteiger partial charge is 0.317 e. The molecule has 2 heteroatoms. The van der Waals surface area contributed by atoms with E-state index in [0.29, 0.717) is 0 Å². The smallest absolute Gasteiger partial charge is 0.00205 e. The van der Waals surface area contributed by atoms with Crippen LogP contribution in [0.2, 0.25) is 0 Å². The van der Waals surface area contributed by atoms with Crippen molar-refractivity contribution in [2.75, 3.05) is 26.2 Å². The van der Waals surface area contributed by atoms with Crippen LogP contribution in [0, 0.1) is 5.92 Å². The maximum absolute atomic E-state index is 3.62. The lowest BCUT2D eigenvalue weighted by atomic mass is 10.0. The standard InChI is InChI=1S/C14H30N2/c1-2-10-15-11-7-12-16-13-14-8-5-3-4-6-9-14/h14-16H,2-13H2,1H3. The lowest BCUT2D eigenvalue weighted by molar-refractivity contribution is 0.422. The van der Waals surface area contributed by atoms with Crippen molar-refractivity contribution in [1.29, 1.82) is 0 Å². The number of hydrogen-bond acceptors (Lipinski definition) is 2.